The molecule has 0 fully saturated rings. The van der Waals surface area contributed by atoms with Crippen LogP contribution in [0.1, 0.15) is 5.56 Å². The van der Waals surface area contributed by atoms with Gasteiger partial charge in [-0.25, -0.2) is 9.97 Å². The van der Waals surface area contributed by atoms with Crippen LogP contribution in [-0.2, 0) is 0 Å². The quantitative estimate of drug-likeness (QED) is 0.801. The minimum Gasteiger partial charge on any atom is -0.481 e. The van der Waals surface area contributed by atoms with Gasteiger partial charge in [0.15, 0.2) is 0 Å². The normalized spacial score (nSPS) is 10.2. The van der Waals surface area contributed by atoms with Crippen LogP contribution in [0.2, 0.25) is 5.02 Å². The molecule has 2 aromatic rings. The van der Waals surface area contributed by atoms with Gasteiger partial charge in [0.1, 0.15) is 6.33 Å². The molecular formula is C12H11ClN2O. The molecule has 0 spiro atoms. The second-order valence-corrected chi connectivity index (χ2v) is 3.84. The Morgan fingerprint density at radius 3 is 2.75 bits per heavy atom. The Morgan fingerprint density at radius 1 is 1.19 bits per heavy atom. The van der Waals surface area contributed by atoms with Gasteiger partial charge in [-0.2, -0.15) is 0 Å². The van der Waals surface area contributed by atoms with Crippen molar-refractivity contribution in [2.24, 2.45) is 0 Å². The first-order chi connectivity index (χ1) is 7.70. The highest BCUT2D eigenvalue weighted by Gasteiger charge is 2.05. The molecule has 0 aliphatic rings. The van der Waals surface area contributed by atoms with Crippen molar-refractivity contribution in [3.63, 3.8) is 0 Å². The zero-order valence-corrected chi connectivity index (χ0v) is 9.82. The number of aryl methyl sites for hydroxylation is 1. The SMILES string of the molecule is COc1cc(-c2cc(Cl)ccc2C)ncn1. The number of rotatable bonds is 2. The Bertz CT molecular complexity index is 514. The van der Waals surface area contributed by atoms with E-state index in [0.29, 0.717) is 10.9 Å². The number of hydrogen-bond donors (Lipinski definition) is 0. The molecule has 0 N–H and O–H groups in total. The molecule has 4 heteroatoms. The third-order valence-corrected chi connectivity index (χ3v) is 2.56. The Labute approximate surface area is 99.1 Å². The van der Waals surface area contributed by atoms with Crippen molar-refractivity contribution in [2.75, 3.05) is 7.11 Å². The van der Waals surface area contributed by atoms with Crippen molar-refractivity contribution in [3.05, 3.63) is 41.2 Å². The molecule has 1 aromatic heterocycles. The highest BCUT2D eigenvalue weighted by Crippen LogP contribution is 2.26. The van der Waals surface area contributed by atoms with Gasteiger partial charge in [0.2, 0.25) is 5.88 Å². The summed E-state index contributed by atoms with van der Waals surface area (Å²) in [4.78, 5) is 8.18. The molecule has 1 heterocycles. The number of ether oxygens (including phenoxy) is 1. The maximum absolute atomic E-state index is 5.97. The molecule has 3 nitrogen and oxygen atoms in total. The van der Waals surface area contributed by atoms with Crippen LogP contribution in [0.5, 0.6) is 5.88 Å². The molecule has 0 radical (unpaired) electrons. The average Bonchev–Trinajstić information content (AvgIpc) is 2.32. The van der Waals surface area contributed by atoms with E-state index in [1.807, 2.05) is 25.1 Å². The number of aromatic nitrogens is 2. The van der Waals surface area contributed by atoms with Crippen molar-refractivity contribution in [1.29, 1.82) is 0 Å². The third-order valence-electron chi connectivity index (χ3n) is 2.33. The number of halogens is 1. The van der Waals surface area contributed by atoms with E-state index in [0.717, 1.165) is 16.8 Å². The van der Waals surface area contributed by atoms with Crippen molar-refractivity contribution in [3.8, 4) is 17.1 Å². The van der Waals surface area contributed by atoms with E-state index in [9.17, 15) is 0 Å². The lowest BCUT2D eigenvalue weighted by atomic mass is 10.1. The fraction of sp³-hybridized carbons (Fsp3) is 0.167. The van der Waals surface area contributed by atoms with E-state index < -0.39 is 0 Å². The van der Waals surface area contributed by atoms with Crippen LogP contribution in [0.3, 0.4) is 0 Å². The molecule has 0 saturated heterocycles. The maximum Gasteiger partial charge on any atom is 0.216 e. The molecule has 0 aliphatic carbocycles. The van der Waals surface area contributed by atoms with Gasteiger partial charge in [0, 0.05) is 16.7 Å². The summed E-state index contributed by atoms with van der Waals surface area (Å²) in [6, 6.07) is 7.50. The average molecular weight is 235 g/mol. The van der Waals surface area contributed by atoms with E-state index in [-0.39, 0.29) is 0 Å². The monoisotopic (exact) mass is 234 g/mol. The predicted octanol–water partition coefficient (Wildman–Crippen LogP) is 3.11. The summed E-state index contributed by atoms with van der Waals surface area (Å²) < 4.78 is 5.06. The molecule has 82 valence electrons. The van der Waals surface area contributed by atoms with Crippen LogP contribution < -0.4 is 4.74 Å². The Balaban J connectivity index is 2.53. The fourth-order valence-corrected chi connectivity index (χ4v) is 1.64. The van der Waals surface area contributed by atoms with Gasteiger partial charge in [-0.3, -0.25) is 0 Å². The summed E-state index contributed by atoms with van der Waals surface area (Å²) in [5.74, 6) is 0.546. The first-order valence-corrected chi connectivity index (χ1v) is 5.21. The van der Waals surface area contributed by atoms with Crippen LogP contribution in [0.25, 0.3) is 11.3 Å². The van der Waals surface area contributed by atoms with Gasteiger partial charge < -0.3 is 4.74 Å². The van der Waals surface area contributed by atoms with Gasteiger partial charge in [-0.1, -0.05) is 17.7 Å². The molecule has 2 rings (SSSR count). The van der Waals surface area contributed by atoms with Crippen LogP contribution in [0.4, 0.5) is 0 Å². The zero-order chi connectivity index (χ0) is 11.5. The molecule has 0 aliphatic heterocycles. The fourth-order valence-electron chi connectivity index (χ4n) is 1.47. The van der Waals surface area contributed by atoms with Crippen molar-refractivity contribution in [2.45, 2.75) is 6.92 Å². The second-order valence-electron chi connectivity index (χ2n) is 3.40. The van der Waals surface area contributed by atoms with Crippen molar-refractivity contribution < 1.29 is 4.74 Å². The van der Waals surface area contributed by atoms with Gasteiger partial charge >= 0.3 is 0 Å². The van der Waals surface area contributed by atoms with E-state index in [1.165, 1.54) is 6.33 Å². The lowest BCUT2D eigenvalue weighted by Gasteiger charge is -2.06. The van der Waals surface area contributed by atoms with Gasteiger partial charge in [-0.05, 0) is 24.6 Å². The summed E-state index contributed by atoms with van der Waals surface area (Å²) in [5.41, 5.74) is 2.92. The van der Waals surface area contributed by atoms with Crippen molar-refractivity contribution >= 4 is 11.6 Å². The highest BCUT2D eigenvalue weighted by atomic mass is 35.5. The molecule has 16 heavy (non-hydrogen) atoms. The predicted molar refractivity (Wildman–Crippen MR) is 63.8 cm³/mol. The first kappa shape index (κ1) is 10.9. The van der Waals surface area contributed by atoms with Crippen LogP contribution in [0.15, 0.2) is 30.6 Å². The Kier molecular flexibility index (Phi) is 3.06. The Hall–Kier alpha value is -1.61. The lowest BCUT2D eigenvalue weighted by molar-refractivity contribution is 0.397. The van der Waals surface area contributed by atoms with Gasteiger partial charge in [0.25, 0.3) is 0 Å². The number of benzene rings is 1. The molecule has 1 aromatic carbocycles. The topological polar surface area (TPSA) is 35.0 Å². The summed E-state index contributed by atoms with van der Waals surface area (Å²) in [5, 5.41) is 0.693. The zero-order valence-electron chi connectivity index (χ0n) is 9.07. The smallest absolute Gasteiger partial charge is 0.216 e. The van der Waals surface area contributed by atoms with Gasteiger partial charge in [-0.15, -0.1) is 0 Å². The summed E-state index contributed by atoms with van der Waals surface area (Å²) in [7, 11) is 1.58. The van der Waals surface area contributed by atoms with E-state index >= 15 is 0 Å². The van der Waals surface area contributed by atoms with E-state index in [1.54, 1.807) is 13.2 Å². The number of methoxy groups -OCH3 is 1. The lowest BCUT2D eigenvalue weighted by Crippen LogP contribution is -1.92. The molecule has 0 bridgehead atoms. The van der Waals surface area contributed by atoms with E-state index in [2.05, 4.69) is 9.97 Å². The molecule has 0 unspecified atom stereocenters. The largest absolute Gasteiger partial charge is 0.481 e. The minimum atomic E-state index is 0.546. The van der Waals surface area contributed by atoms with Crippen molar-refractivity contribution in [1.82, 2.24) is 9.97 Å². The first-order valence-electron chi connectivity index (χ1n) is 4.83. The highest BCUT2D eigenvalue weighted by molar-refractivity contribution is 6.30. The Morgan fingerprint density at radius 2 is 2.00 bits per heavy atom. The van der Waals surface area contributed by atoms with Crippen LogP contribution >= 0.6 is 11.6 Å². The molecule has 0 amide bonds. The summed E-state index contributed by atoms with van der Waals surface area (Å²) >= 11 is 5.97. The molecular weight excluding hydrogens is 224 g/mol. The maximum atomic E-state index is 5.97. The van der Waals surface area contributed by atoms with Gasteiger partial charge in [0.05, 0.1) is 12.8 Å². The second kappa shape index (κ2) is 4.49. The molecule has 0 saturated carbocycles. The van der Waals surface area contributed by atoms with Crippen LogP contribution in [-0.4, -0.2) is 17.1 Å². The standard InChI is InChI=1S/C12H11ClN2O/c1-8-3-4-9(13)5-10(8)11-6-12(16-2)15-7-14-11/h3-7H,1-2H3. The number of nitrogens with zero attached hydrogens (tertiary/aromatic N) is 2. The molecule has 0 atom stereocenters. The summed E-state index contributed by atoms with van der Waals surface area (Å²) in [6.45, 7) is 2.01. The summed E-state index contributed by atoms with van der Waals surface area (Å²) in [6.07, 6.45) is 1.48. The number of hydrogen-bond acceptors (Lipinski definition) is 3. The van der Waals surface area contributed by atoms with E-state index in [4.69, 9.17) is 16.3 Å². The minimum absolute atomic E-state index is 0.546. The third kappa shape index (κ3) is 2.14. The van der Waals surface area contributed by atoms with Crippen LogP contribution in [0, 0.1) is 6.92 Å².